The van der Waals surface area contributed by atoms with Gasteiger partial charge < -0.3 is 10.5 Å². The lowest BCUT2D eigenvalue weighted by Crippen LogP contribution is -2.53. The highest BCUT2D eigenvalue weighted by molar-refractivity contribution is 5.28. The molecule has 1 aromatic carbocycles. The third kappa shape index (κ3) is 3.33. The van der Waals surface area contributed by atoms with E-state index in [1.807, 2.05) is 6.07 Å². The van der Waals surface area contributed by atoms with Crippen molar-refractivity contribution in [3.05, 3.63) is 29.8 Å². The van der Waals surface area contributed by atoms with Crippen LogP contribution in [0.5, 0.6) is 5.75 Å². The normalized spacial score (nSPS) is 26.8. The third-order valence-electron chi connectivity index (χ3n) is 4.95. The van der Waals surface area contributed by atoms with E-state index in [0.29, 0.717) is 0 Å². The lowest BCUT2D eigenvalue weighted by atomic mass is 9.76. The molecule has 0 spiro atoms. The van der Waals surface area contributed by atoms with Crippen molar-refractivity contribution in [2.75, 3.05) is 20.7 Å². The molecular formula is C17H28N2O. The Morgan fingerprint density at radius 3 is 2.65 bits per heavy atom. The van der Waals surface area contributed by atoms with Crippen molar-refractivity contribution in [1.29, 1.82) is 0 Å². The van der Waals surface area contributed by atoms with Crippen LogP contribution in [-0.2, 0) is 6.54 Å². The fourth-order valence-electron chi connectivity index (χ4n) is 3.25. The fraction of sp³-hybridized carbons (Fsp3) is 0.647. The predicted octanol–water partition coefficient (Wildman–Crippen LogP) is 3.03. The Hall–Kier alpha value is -1.06. The highest BCUT2D eigenvalue weighted by Crippen LogP contribution is 2.35. The molecule has 3 heteroatoms. The average Bonchev–Trinajstić information content (AvgIpc) is 2.48. The van der Waals surface area contributed by atoms with E-state index in [-0.39, 0.29) is 5.54 Å². The van der Waals surface area contributed by atoms with Crippen molar-refractivity contribution in [2.45, 2.75) is 44.7 Å². The van der Waals surface area contributed by atoms with Crippen molar-refractivity contribution in [3.63, 3.8) is 0 Å². The minimum absolute atomic E-state index is 0.176. The van der Waals surface area contributed by atoms with Crippen molar-refractivity contribution in [2.24, 2.45) is 11.7 Å². The minimum atomic E-state index is 0.176. The highest BCUT2D eigenvalue weighted by atomic mass is 16.5. The second-order valence-corrected chi connectivity index (χ2v) is 6.32. The molecule has 0 saturated heterocycles. The highest BCUT2D eigenvalue weighted by Gasteiger charge is 2.36. The van der Waals surface area contributed by atoms with Crippen molar-refractivity contribution in [1.82, 2.24) is 4.90 Å². The van der Waals surface area contributed by atoms with Crippen LogP contribution in [0.1, 0.15) is 38.2 Å². The van der Waals surface area contributed by atoms with E-state index in [2.05, 4.69) is 37.1 Å². The summed E-state index contributed by atoms with van der Waals surface area (Å²) < 4.78 is 5.30. The average molecular weight is 276 g/mol. The van der Waals surface area contributed by atoms with Crippen LogP contribution in [0.3, 0.4) is 0 Å². The molecule has 0 aliphatic heterocycles. The number of rotatable bonds is 5. The van der Waals surface area contributed by atoms with Crippen LogP contribution in [0.2, 0.25) is 0 Å². The third-order valence-corrected chi connectivity index (χ3v) is 4.95. The number of hydrogen-bond acceptors (Lipinski definition) is 3. The topological polar surface area (TPSA) is 38.5 Å². The Bertz CT molecular complexity index is 425. The Labute approximate surface area is 123 Å². The number of nitrogens with two attached hydrogens (primary N) is 1. The van der Waals surface area contributed by atoms with Gasteiger partial charge in [-0.3, -0.25) is 4.90 Å². The Kier molecular flexibility index (Phi) is 5.06. The molecule has 0 radical (unpaired) electrons. The molecule has 2 N–H and O–H groups in total. The van der Waals surface area contributed by atoms with E-state index in [9.17, 15) is 0 Å². The molecule has 2 rings (SSSR count). The van der Waals surface area contributed by atoms with Gasteiger partial charge in [0, 0.05) is 18.6 Å². The number of hydrogen-bond donors (Lipinski definition) is 1. The van der Waals surface area contributed by atoms with Crippen LogP contribution in [-0.4, -0.2) is 31.1 Å². The smallest absolute Gasteiger partial charge is 0.119 e. The molecule has 0 amide bonds. The van der Waals surface area contributed by atoms with Crippen molar-refractivity contribution >= 4 is 0 Å². The summed E-state index contributed by atoms with van der Waals surface area (Å²) in [5, 5.41) is 0. The Morgan fingerprint density at radius 1 is 1.35 bits per heavy atom. The van der Waals surface area contributed by atoms with Crippen molar-refractivity contribution < 1.29 is 4.74 Å². The van der Waals surface area contributed by atoms with Crippen LogP contribution in [0, 0.1) is 5.92 Å². The van der Waals surface area contributed by atoms with E-state index in [4.69, 9.17) is 10.5 Å². The minimum Gasteiger partial charge on any atom is -0.497 e. The van der Waals surface area contributed by atoms with E-state index in [0.717, 1.165) is 24.8 Å². The van der Waals surface area contributed by atoms with E-state index >= 15 is 0 Å². The van der Waals surface area contributed by atoms with Gasteiger partial charge in [-0.25, -0.2) is 0 Å². The maximum absolute atomic E-state index is 6.13. The monoisotopic (exact) mass is 276 g/mol. The van der Waals surface area contributed by atoms with Gasteiger partial charge in [-0.15, -0.1) is 0 Å². The number of methoxy groups -OCH3 is 1. The quantitative estimate of drug-likeness (QED) is 0.898. The molecule has 0 aromatic heterocycles. The zero-order valence-corrected chi connectivity index (χ0v) is 13.1. The molecule has 0 bridgehead atoms. The fourth-order valence-corrected chi connectivity index (χ4v) is 3.25. The molecular weight excluding hydrogens is 248 g/mol. The summed E-state index contributed by atoms with van der Waals surface area (Å²) in [5.74, 6) is 1.77. The first kappa shape index (κ1) is 15.3. The standard InChI is InChI=1S/C17H28N2O/c1-14-7-9-17(13-18,10-8-14)19(2)12-15-5-4-6-16(11-15)20-3/h4-6,11,14H,7-10,12-13,18H2,1-3H3. The van der Waals surface area contributed by atoms with E-state index < -0.39 is 0 Å². The van der Waals surface area contributed by atoms with Gasteiger partial charge in [0.05, 0.1) is 7.11 Å². The van der Waals surface area contributed by atoms with E-state index in [1.165, 1.54) is 31.2 Å². The second-order valence-electron chi connectivity index (χ2n) is 6.32. The summed E-state index contributed by atoms with van der Waals surface area (Å²) >= 11 is 0. The first-order valence-electron chi connectivity index (χ1n) is 7.64. The van der Waals surface area contributed by atoms with Gasteiger partial charge in [-0.1, -0.05) is 19.1 Å². The molecule has 1 fully saturated rings. The zero-order chi connectivity index (χ0) is 14.6. The number of nitrogens with zero attached hydrogens (tertiary/aromatic N) is 1. The second kappa shape index (κ2) is 6.59. The number of likely N-dealkylation sites (N-methyl/N-ethyl adjacent to an activating group) is 1. The summed E-state index contributed by atoms with van der Waals surface area (Å²) in [4.78, 5) is 2.45. The number of ether oxygens (including phenoxy) is 1. The molecule has 0 atom stereocenters. The maximum atomic E-state index is 6.13. The maximum Gasteiger partial charge on any atom is 0.119 e. The lowest BCUT2D eigenvalue weighted by Gasteiger charge is -2.45. The predicted molar refractivity (Wildman–Crippen MR) is 83.9 cm³/mol. The van der Waals surface area contributed by atoms with Gasteiger partial charge in [0.1, 0.15) is 5.75 Å². The van der Waals surface area contributed by atoms with Gasteiger partial charge in [0.25, 0.3) is 0 Å². The molecule has 20 heavy (non-hydrogen) atoms. The molecule has 1 saturated carbocycles. The molecule has 1 aliphatic carbocycles. The Balaban J connectivity index is 2.07. The van der Waals surface area contributed by atoms with Crippen LogP contribution in [0.25, 0.3) is 0 Å². The SMILES string of the molecule is COc1cccc(CN(C)C2(CN)CCC(C)CC2)c1. The van der Waals surface area contributed by atoms with Crippen molar-refractivity contribution in [3.8, 4) is 5.75 Å². The molecule has 3 nitrogen and oxygen atoms in total. The van der Waals surface area contributed by atoms with Gasteiger partial charge in [-0.05, 0) is 56.3 Å². The molecule has 0 unspecified atom stereocenters. The molecule has 0 heterocycles. The lowest BCUT2D eigenvalue weighted by molar-refractivity contribution is 0.0615. The Morgan fingerprint density at radius 2 is 2.05 bits per heavy atom. The van der Waals surface area contributed by atoms with E-state index in [1.54, 1.807) is 7.11 Å². The summed E-state index contributed by atoms with van der Waals surface area (Å²) in [6, 6.07) is 8.32. The van der Waals surface area contributed by atoms with Crippen LogP contribution in [0.15, 0.2) is 24.3 Å². The summed E-state index contributed by atoms with van der Waals surface area (Å²) in [7, 11) is 3.93. The molecule has 1 aliphatic rings. The first-order valence-corrected chi connectivity index (χ1v) is 7.64. The van der Waals surface area contributed by atoms with Crippen LogP contribution in [0.4, 0.5) is 0 Å². The summed E-state index contributed by atoms with van der Waals surface area (Å²) in [6.45, 7) is 4.03. The van der Waals surface area contributed by atoms with Gasteiger partial charge in [0.15, 0.2) is 0 Å². The van der Waals surface area contributed by atoms with Gasteiger partial charge >= 0.3 is 0 Å². The first-order chi connectivity index (χ1) is 9.59. The zero-order valence-electron chi connectivity index (χ0n) is 13.1. The summed E-state index contributed by atoms with van der Waals surface area (Å²) in [6.07, 6.45) is 5.01. The molecule has 112 valence electrons. The van der Waals surface area contributed by atoms with Gasteiger partial charge in [0.2, 0.25) is 0 Å². The van der Waals surface area contributed by atoms with Gasteiger partial charge in [-0.2, -0.15) is 0 Å². The summed E-state index contributed by atoms with van der Waals surface area (Å²) in [5.41, 5.74) is 7.59. The van der Waals surface area contributed by atoms with Crippen LogP contribution >= 0.6 is 0 Å². The largest absolute Gasteiger partial charge is 0.497 e. The van der Waals surface area contributed by atoms with Crippen LogP contribution < -0.4 is 10.5 Å². The molecule has 1 aromatic rings. The number of benzene rings is 1.